The number of rotatable bonds is 6. The van der Waals surface area contributed by atoms with Crippen LogP contribution in [0, 0.1) is 12.8 Å². The SMILES string of the molecule is Cc1ccc(C(=O)NC(C(=O)N/N=C\c2c3ccccc3cc3ccccc23)C(C)C)cc1. The summed E-state index contributed by atoms with van der Waals surface area (Å²) in [6.45, 7) is 5.74. The molecule has 4 aromatic carbocycles. The van der Waals surface area contributed by atoms with Crippen molar-refractivity contribution in [1.82, 2.24) is 10.7 Å². The molecule has 0 spiro atoms. The summed E-state index contributed by atoms with van der Waals surface area (Å²) in [7, 11) is 0. The summed E-state index contributed by atoms with van der Waals surface area (Å²) >= 11 is 0. The Kier molecular flexibility index (Phi) is 6.50. The van der Waals surface area contributed by atoms with E-state index < -0.39 is 6.04 Å². The molecule has 0 radical (unpaired) electrons. The first kappa shape index (κ1) is 22.2. The normalized spacial score (nSPS) is 12.4. The molecule has 0 aliphatic heterocycles. The summed E-state index contributed by atoms with van der Waals surface area (Å²) in [4.78, 5) is 25.5. The Morgan fingerprint density at radius 1 is 0.848 bits per heavy atom. The lowest BCUT2D eigenvalue weighted by molar-refractivity contribution is -0.123. The lowest BCUT2D eigenvalue weighted by Gasteiger charge is -2.20. The molecule has 166 valence electrons. The minimum absolute atomic E-state index is 0.104. The maximum atomic E-state index is 12.9. The number of benzene rings is 4. The standard InChI is InChI=1S/C28H27N3O2/c1-18(2)26(30-27(32)20-14-12-19(3)13-15-20)28(33)31-29-17-25-23-10-6-4-8-21(23)16-22-9-5-7-11-24(22)25/h4-18,26H,1-3H3,(H,30,32)(H,31,33)/b29-17-. The van der Waals surface area contributed by atoms with Crippen molar-refractivity contribution in [3.8, 4) is 0 Å². The fourth-order valence-corrected chi connectivity index (χ4v) is 3.88. The van der Waals surface area contributed by atoms with Gasteiger partial charge in [-0.1, -0.05) is 80.1 Å². The van der Waals surface area contributed by atoms with Gasteiger partial charge >= 0.3 is 0 Å². The zero-order valence-corrected chi connectivity index (χ0v) is 19.0. The van der Waals surface area contributed by atoms with Gasteiger partial charge in [0.05, 0.1) is 6.21 Å². The fraction of sp³-hybridized carbons (Fsp3) is 0.179. The first-order chi connectivity index (χ1) is 15.9. The van der Waals surface area contributed by atoms with Crippen molar-refractivity contribution in [2.45, 2.75) is 26.8 Å². The van der Waals surface area contributed by atoms with Crippen LogP contribution < -0.4 is 10.7 Å². The van der Waals surface area contributed by atoms with E-state index in [0.717, 1.165) is 32.7 Å². The van der Waals surface area contributed by atoms with E-state index in [2.05, 4.69) is 34.0 Å². The summed E-state index contributed by atoms with van der Waals surface area (Å²) in [5.74, 6) is -0.743. The monoisotopic (exact) mass is 437 g/mol. The largest absolute Gasteiger partial charge is 0.340 e. The number of nitrogens with zero attached hydrogens (tertiary/aromatic N) is 1. The van der Waals surface area contributed by atoms with Crippen LogP contribution in [0.5, 0.6) is 0 Å². The molecule has 0 saturated carbocycles. The Bertz CT molecular complexity index is 1290. The van der Waals surface area contributed by atoms with Crippen LogP contribution >= 0.6 is 0 Å². The second kappa shape index (κ2) is 9.65. The third-order valence-electron chi connectivity index (χ3n) is 5.73. The highest BCUT2D eigenvalue weighted by Crippen LogP contribution is 2.27. The maximum absolute atomic E-state index is 12.9. The molecule has 4 aromatic rings. The summed E-state index contributed by atoms with van der Waals surface area (Å²) in [6, 6.07) is 24.9. The van der Waals surface area contributed by atoms with E-state index in [4.69, 9.17) is 0 Å². The van der Waals surface area contributed by atoms with Crippen LogP contribution in [0.15, 0.2) is 84.0 Å². The highest BCUT2D eigenvalue weighted by Gasteiger charge is 2.24. The molecule has 0 aliphatic rings. The minimum atomic E-state index is -0.708. The van der Waals surface area contributed by atoms with E-state index >= 15 is 0 Å². The quantitative estimate of drug-likeness (QED) is 0.247. The van der Waals surface area contributed by atoms with Gasteiger partial charge in [0.2, 0.25) is 0 Å². The van der Waals surface area contributed by atoms with Gasteiger partial charge in [0.15, 0.2) is 0 Å². The number of aryl methyl sites for hydroxylation is 1. The second-order valence-electron chi connectivity index (χ2n) is 8.53. The van der Waals surface area contributed by atoms with Gasteiger partial charge in [0.1, 0.15) is 6.04 Å². The molecule has 5 nitrogen and oxygen atoms in total. The van der Waals surface area contributed by atoms with Gasteiger partial charge in [0, 0.05) is 11.1 Å². The molecule has 4 rings (SSSR count). The first-order valence-electron chi connectivity index (χ1n) is 11.0. The van der Waals surface area contributed by atoms with Crippen molar-refractivity contribution in [2.24, 2.45) is 11.0 Å². The Labute approximate surface area is 193 Å². The van der Waals surface area contributed by atoms with E-state index in [0.29, 0.717) is 5.56 Å². The van der Waals surface area contributed by atoms with Gasteiger partial charge in [-0.05, 0) is 52.6 Å². The first-order valence-corrected chi connectivity index (χ1v) is 11.0. The molecule has 0 fully saturated rings. The van der Waals surface area contributed by atoms with Crippen LogP contribution in [0.4, 0.5) is 0 Å². The van der Waals surface area contributed by atoms with Crippen LogP contribution in [0.2, 0.25) is 0 Å². The lowest BCUT2D eigenvalue weighted by atomic mass is 9.97. The van der Waals surface area contributed by atoms with Gasteiger partial charge in [-0.3, -0.25) is 9.59 Å². The van der Waals surface area contributed by atoms with Crippen molar-refractivity contribution < 1.29 is 9.59 Å². The molecule has 1 atom stereocenters. The minimum Gasteiger partial charge on any atom is -0.340 e. The van der Waals surface area contributed by atoms with Crippen molar-refractivity contribution in [2.75, 3.05) is 0 Å². The van der Waals surface area contributed by atoms with Gasteiger partial charge in [-0.2, -0.15) is 5.10 Å². The molecule has 0 saturated heterocycles. The molecule has 0 aromatic heterocycles. The van der Waals surface area contributed by atoms with Crippen molar-refractivity contribution in [1.29, 1.82) is 0 Å². The number of fused-ring (bicyclic) bond motifs is 2. The van der Waals surface area contributed by atoms with E-state index in [1.807, 2.05) is 69.3 Å². The molecular weight excluding hydrogens is 410 g/mol. The van der Waals surface area contributed by atoms with Crippen LogP contribution in [-0.2, 0) is 4.79 Å². The molecule has 0 aliphatic carbocycles. The summed E-state index contributed by atoms with van der Waals surface area (Å²) < 4.78 is 0. The number of hydrogen-bond acceptors (Lipinski definition) is 3. The Hall–Kier alpha value is -3.99. The Balaban J connectivity index is 1.55. The zero-order valence-electron chi connectivity index (χ0n) is 19.0. The highest BCUT2D eigenvalue weighted by atomic mass is 16.2. The molecular formula is C28H27N3O2. The summed E-state index contributed by atoms with van der Waals surface area (Å²) in [5.41, 5.74) is 5.15. The average Bonchev–Trinajstić information content (AvgIpc) is 2.82. The summed E-state index contributed by atoms with van der Waals surface area (Å²) in [6.07, 6.45) is 1.68. The predicted octanol–water partition coefficient (Wildman–Crippen LogP) is 5.21. The maximum Gasteiger partial charge on any atom is 0.262 e. The number of carbonyl (C=O) groups is 2. The fourth-order valence-electron chi connectivity index (χ4n) is 3.88. The molecule has 1 unspecified atom stereocenters. The third-order valence-corrected chi connectivity index (χ3v) is 5.73. The summed E-state index contributed by atoms with van der Waals surface area (Å²) in [5, 5.41) is 11.4. The number of hydrogen-bond donors (Lipinski definition) is 2. The van der Waals surface area contributed by atoms with E-state index in [9.17, 15) is 9.59 Å². The van der Waals surface area contributed by atoms with Crippen LogP contribution in [0.1, 0.15) is 35.3 Å². The number of amides is 2. The average molecular weight is 438 g/mol. The molecule has 33 heavy (non-hydrogen) atoms. The number of nitrogens with one attached hydrogen (secondary N) is 2. The van der Waals surface area contributed by atoms with Crippen molar-refractivity contribution in [3.05, 3.63) is 95.6 Å². The smallest absolute Gasteiger partial charge is 0.262 e. The molecule has 5 heteroatoms. The number of carbonyl (C=O) groups excluding carboxylic acids is 2. The van der Waals surface area contributed by atoms with Crippen molar-refractivity contribution in [3.63, 3.8) is 0 Å². The highest BCUT2D eigenvalue weighted by molar-refractivity contribution is 6.13. The van der Waals surface area contributed by atoms with Crippen molar-refractivity contribution >= 4 is 39.6 Å². The zero-order chi connectivity index (χ0) is 23.4. The molecule has 0 bridgehead atoms. The van der Waals surface area contributed by atoms with E-state index in [-0.39, 0.29) is 17.7 Å². The Morgan fingerprint density at radius 2 is 1.42 bits per heavy atom. The topological polar surface area (TPSA) is 70.6 Å². The second-order valence-corrected chi connectivity index (χ2v) is 8.53. The molecule has 2 amide bonds. The van der Waals surface area contributed by atoms with Crippen LogP contribution in [-0.4, -0.2) is 24.1 Å². The van der Waals surface area contributed by atoms with Gasteiger partial charge < -0.3 is 5.32 Å². The van der Waals surface area contributed by atoms with Gasteiger partial charge in [0.25, 0.3) is 11.8 Å². The number of hydrazone groups is 1. The lowest BCUT2D eigenvalue weighted by Crippen LogP contribution is -2.48. The molecule has 0 heterocycles. The Morgan fingerprint density at radius 3 is 2.00 bits per heavy atom. The third kappa shape index (κ3) is 4.93. The predicted molar refractivity (Wildman–Crippen MR) is 134 cm³/mol. The van der Waals surface area contributed by atoms with E-state index in [1.165, 1.54) is 0 Å². The molecule has 2 N–H and O–H groups in total. The van der Waals surface area contributed by atoms with E-state index in [1.54, 1.807) is 18.3 Å². The van der Waals surface area contributed by atoms with Gasteiger partial charge in [-0.15, -0.1) is 0 Å². The van der Waals surface area contributed by atoms with Crippen LogP contribution in [0.25, 0.3) is 21.5 Å². The van der Waals surface area contributed by atoms with Crippen LogP contribution in [0.3, 0.4) is 0 Å². The van der Waals surface area contributed by atoms with Gasteiger partial charge in [-0.25, -0.2) is 5.43 Å².